The van der Waals surface area contributed by atoms with Gasteiger partial charge in [0.15, 0.2) is 0 Å². The molecule has 4 nitrogen and oxygen atoms in total. The number of hydrogen-bond donors (Lipinski definition) is 1. The summed E-state index contributed by atoms with van der Waals surface area (Å²) in [5.74, 6) is -0.0219. The van der Waals surface area contributed by atoms with Crippen LogP contribution >= 0.6 is 46.4 Å². The smallest absolute Gasteiger partial charge is 0.273 e. The van der Waals surface area contributed by atoms with E-state index in [1.54, 1.807) is 22.7 Å². The number of carbonyl (C=O) groups excluding carboxylic acids is 1. The zero-order valence-corrected chi connectivity index (χ0v) is 16.1. The molecule has 3 heterocycles. The van der Waals surface area contributed by atoms with Gasteiger partial charge < -0.3 is 10.6 Å². The predicted octanol–water partition coefficient (Wildman–Crippen LogP) is 4.03. The fourth-order valence-electron chi connectivity index (χ4n) is 2.19. The number of rotatable bonds is 7. The molecule has 2 N–H and O–H groups in total. The molecule has 0 saturated heterocycles. The molecule has 1 amide bonds. The normalized spacial score (nSPS) is 10.4. The van der Waals surface area contributed by atoms with E-state index >= 15 is 0 Å². The first-order chi connectivity index (χ1) is 11.3. The molecule has 0 radical (unpaired) electrons. The molecule has 8 heteroatoms. The number of hydrogen-bond acceptors (Lipinski definition) is 6. The van der Waals surface area contributed by atoms with Crippen LogP contribution in [0.4, 0.5) is 0 Å². The Balaban J connectivity index is 0.00000208. The molecule has 0 bridgehead atoms. The van der Waals surface area contributed by atoms with Crippen LogP contribution in [0.2, 0.25) is 0 Å². The van der Waals surface area contributed by atoms with Crippen LogP contribution in [0.1, 0.15) is 25.3 Å². The van der Waals surface area contributed by atoms with Gasteiger partial charge in [0.1, 0.15) is 5.69 Å². The quantitative estimate of drug-likeness (QED) is 0.652. The second-order valence-electron chi connectivity index (χ2n) is 4.99. The minimum atomic E-state index is -0.0219. The summed E-state index contributed by atoms with van der Waals surface area (Å²) in [6.07, 6.45) is 0.716. The minimum Gasteiger partial charge on any atom is -0.330 e. The Morgan fingerprint density at radius 2 is 1.71 bits per heavy atom. The maximum Gasteiger partial charge on any atom is 0.273 e. The van der Waals surface area contributed by atoms with Gasteiger partial charge in [-0.05, 0) is 29.4 Å². The number of nitrogens with two attached hydrogens (primary N) is 1. The number of amides is 1. The fourth-order valence-corrected chi connectivity index (χ4v) is 4.42. The minimum absolute atomic E-state index is 0. The average Bonchev–Trinajstić information content (AvgIpc) is 3.29. The second kappa shape index (κ2) is 9.29. The van der Waals surface area contributed by atoms with Crippen molar-refractivity contribution in [2.45, 2.75) is 19.5 Å². The van der Waals surface area contributed by atoms with Gasteiger partial charge in [-0.3, -0.25) is 4.79 Å². The van der Waals surface area contributed by atoms with Crippen molar-refractivity contribution in [3.05, 3.63) is 60.9 Å². The van der Waals surface area contributed by atoms with Crippen molar-refractivity contribution >= 4 is 52.3 Å². The van der Waals surface area contributed by atoms with E-state index in [1.807, 2.05) is 33.2 Å². The standard InChI is InChI=1S/C16H17N3OS3.ClH/c17-6-5-15-18-14(11-23-15)16(20)19(9-12-3-1-7-21-12)10-13-4-2-8-22-13;/h1-4,7-8,11H,5-6,9-10,17H2;1H. The van der Waals surface area contributed by atoms with E-state index in [9.17, 15) is 4.79 Å². The van der Waals surface area contributed by atoms with Gasteiger partial charge in [0.2, 0.25) is 0 Å². The Kier molecular flexibility index (Phi) is 7.39. The number of aromatic nitrogens is 1. The van der Waals surface area contributed by atoms with Gasteiger partial charge in [-0.2, -0.15) is 0 Å². The molecule has 3 aromatic heterocycles. The van der Waals surface area contributed by atoms with Crippen molar-refractivity contribution in [2.75, 3.05) is 6.54 Å². The molecular formula is C16H18ClN3OS3. The molecule has 0 aromatic carbocycles. The summed E-state index contributed by atoms with van der Waals surface area (Å²) in [7, 11) is 0. The summed E-state index contributed by atoms with van der Waals surface area (Å²) in [6.45, 7) is 1.77. The predicted molar refractivity (Wildman–Crippen MR) is 104 cm³/mol. The lowest BCUT2D eigenvalue weighted by Gasteiger charge is -2.20. The van der Waals surface area contributed by atoms with E-state index in [1.165, 1.54) is 21.1 Å². The highest BCUT2D eigenvalue weighted by atomic mass is 35.5. The summed E-state index contributed by atoms with van der Waals surface area (Å²) in [5.41, 5.74) is 6.08. The van der Waals surface area contributed by atoms with E-state index < -0.39 is 0 Å². The largest absolute Gasteiger partial charge is 0.330 e. The average molecular weight is 400 g/mol. The molecule has 0 unspecified atom stereocenters. The third-order valence-electron chi connectivity index (χ3n) is 3.27. The molecule has 0 aliphatic rings. The Labute approximate surface area is 159 Å². The van der Waals surface area contributed by atoms with Crippen LogP contribution in [-0.2, 0) is 19.5 Å². The van der Waals surface area contributed by atoms with Crippen LogP contribution in [0.25, 0.3) is 0 Å². The van der Waals surface area contributed by atoms with Crippen LogP contribution in [0.15, 0.2) is 40.4 Å². The third kappa shape index (κ3) is 4.87. The number of nitrogens with zero attached hydrogens (tertiary/aromatic N) is 2. The Bertz CT molecular complexity index is 704. The highest BCUT2D eigenvalue weighted by Crippen LogP contribution is 2.20. The fraction of sp³-hybridized carbons (Fsp3) is 0.250. The Morgan fingerprint density at radius 3 is 2.21 bits per heavy atom. The van der Waals surface area contributed by atoms with E-state index in [4.69, 9.17) is 5.73 Å². The monoisotopic (exact) mass is 399 g/mol. The highest BCUT2D eigenvalue weighted by Gasteiger charge is 2.20. The molecule has 0 fully saturated rings. The summed E-state index contributed by atoms with van der Waals surface area (Å²) in [5, 5.41) is 6.82. The molecular weight excluding hydrogens is 382 g/mol. The van der Waals surface area contributed by atoms with Crippen LogP contribution in [0.3, 0.4) is 0 Å². The van der Waals surface area contributed by atoms with E-state index in [0.717, 1.165) is 5.01 Å². The van der Waals surface area contributed by atoms with Gasteiger partial charge in [0.05, 0.1) is 18.1 Å². The van der Waals surface area contributed by atoms with Gasteiger partial charge in [0, 0.05) is 21.6 Å². The zero-order chi connectivity index (χ0) is 16.1. The van der Waals surface area contributed by atoms with Crippen LogP contribution < -0.4 is 5.73 Å². The summed E-state index contributed by atoms with van der Waals surface area (Å²) < 4.78 is 0. The van der Waals surface area contributed by atoms with Crippen molar-refractivity contribution in [1.29, 1.82) is 0 Å². The van der Waals surface area contributed by atoms with Crippen molar-refractivity contribution in [3.63, 3.8) is 0 Å². The maximum atomic E-state index is 12.9. The maximum absolute atomic E-state index is 12.9. The van der Waals surface area contributed by atoms with Crippen LogP contribution in [0, 0.1) is 0 Å². The molecule has 0 saturated carbocycles. The molecule has 0 aliphatic heterocycles. The summed E-state index contributed by atoms with van der Waals surface area (Å²) in [6, 6.07) is 8.13. The third-order valence-corrected chi connectivity index (χ3v) is 5.90. The molecule has 24 heavy (non-hydrogen) atoms. The van der Waals surface area contributed by atoms with Crippen molar-refractivity contribution in [3.8, 4) is 0 Å². The second-order valence-corrected chi connectivity index (χ2v) is 7.99. The SMILES string of the molecule is Cl.NCCc1nc(C(=O)N(Cc2cccs2)Cc2cccs2)cs1. The van der Waals surface area contributed by atoms with Crippen molar-refractivity contribution in [2.24, 2.45) is 5.73 Å². The highest BCUT2D eigenvalue weighted by molar-refractivity contribution is 7.10. The van der Waals surface area contributed by atoms with Crippen molar-refractivity contribution < 1.29 is 4.79 Å². The number of thiophene rings is 2. The Morgan fingerprint density at radius 1 is 1.08 bits per heavy atom. The number of thiazole rings is 1. The first-order valence-electron chi connectivity index (χ1n) is 7.25. The lowest BCUT2D eigenvalue weighted by molar-refractivity contribution is 0.0728. The Hall–Kier alpha value is -1.25. The van der Waals surface area contributed by atoms with Gasteiger partial charge >= 0.3 is 0 Å². The van der Waals surface area contributed by atoms with Gasteiger partial charge in [-0.1, -0.05) is 12.1 Å². The van der Waals surface area contributed by atoms with Crippen LogP contribution in [-0.4, -0.2) is 22.3 Å². The molecule has 0 spiro atoms. The number of carbonyl (C=O) groups is 1. The molecule has 3 aromatic rings. The molecule has 0 aliphatic carbocycles. The zero-order valence-electron chi connectivity index (χ0n) is 12.9. The van der Waals surface area contributed by atoms with Gasteiger partial charge in [-0.15, -0.1) is 46.4 Å². The van der Waals surface area contributed by atoms with Crippen molar-refractivity contribution in [1.82, 2.24) is 9.88 Å². The topological polar surface area (TPSA) is 59.2 Å². The molecule has 3 rings (SSSR count). The first kappa shape index (κ1) is 19.1. The van der Waals surface area contributed by atoms with E-state index in [0.29, 0.717) is 31.7 Å². The van der Waals surface area contributed by atoms with Gasteiger partial charge in [-0.25, -0.2) is 4.98 Å². The first-order valence-corrected chi connectivity index (χ1v) is 9.88. The molecule has 0 atom stereocenters. The van der Waals surface area contributed by atoms with E-state index in [-0.39, 0.29) is 18.3 Å². The lowest BCUT2D eigenvalue weighted by atomic mass is 10.3. The van der Waals surface area contributed by atoms with Crippen LogP contribution in [0.5, 0.6) is 0 Å². The molecule has 128 valence electrons. The summed E-state index contributed by atoms with van der Waals surface area (Å²) >= 11 is 4.83. The number of halogens is 1. The lowest BCUT2D eigenvalue weighted by Crippen LogP contribution is -2.29. The van der Waals surface area contributed by atoms with Gasteiger partial charge in [0.25, 0.3) is 5.91 Å². The van der Waals surface area contributed by atoms with E-state index in [2.05, 4.69) is 17.1 Å². The summed E-state index contributed by atoms with van der Waals surface area (Å²) in [4.78, 5) is 21.5.